The van der Waals surface area contributed by atoms with Crippen LogP contribution >= 0.6 is 11.6 Å². The first-order valence-electron chi connectivity index (χ1n) is 15.8. The van der Waals surface area contributed by atoms with Crippen molar-refractivity contribution in [3.05, 3.63) is 83.4 Å². The molecule has 2 fully saturated rings. The summed E-state index contributed by atoms with van der Waals surface area (Å²) < 4.78 is 35.3. The van der Waals surface area contributed by atoms with Gasteiger partial charge in [0.2, 0.25) is 0 Å². The first kappa shape index (κ1) is 32.1. The number of aryl methyl sites for hydroxylation is 1. The summed E-state index contributed by atoms with van der Waals surface area (Å²) in [5.74, 6) is -0.0443. The molecule has 4 aliphatic rings. The molecule has 2 aromatic rings. The highest BCUT2D eigenvalue weighted by Gasteiger charge is 2.50. The topological polar surface area (TPSA) is 119 Å². The van der Waals surface area contributed by atoms with E-state index in [0.717, 1.165) is 42.1 Å². The van der Waals surface area contributed by atoms with Crippen LogP contribution in [-0.2, 0) is 32.4 Å². The Morgan fingerprint density at radius 2 is 2.00 bits per heavy atom. The molecule has 2 aliphatic carbocycles. The summed E-state index contributed by atoms with van der Waals surface area (Å²) in [5, 5.41) is 23.2. The Labute approximate surface area is 270 Å². The number of hydrogen-bond acceptors (Lipinski definition) is 7. The largest absolute Gasteiger partial charge is 0.490 e. The number of unbranched alkanes of at least 4 members (excludes halogenated alkanes) is 1. The van der Waals surface area contributed by atoms with Crippen molar-refractivity contribution < 1.29 is 28.2 Å². The van der Waals surface area contributed by atoms with Crippen LogP contribution in [0, 0.1) is 11.8 Å². The van der Waals surface area contributed by atoms with Gasteiger partial charge in [0.1, 0.15) is 5.75 Å². The van der Waals surface area contributed by atoms with E-state index in [-0.39, 0.29) is 23.8 Å². The number of carbonyl (C=O) groups is 1. The number of amides is 1. The summed E-state index contributed by atoms with van der Waals surface area (Å²) in [4.78, 5) is 15.5. The molecule has 3 N–H and O–H groups in total. The predicted molar refractivity (Wildman–Crippen MR) is 175 cm³/mol. The van der Waals surface area contributed by atoms with Crippen LogP contribution in [0.4, 0.5) is 5.69 Å². The summed E-state index contributed by atoms with van der Waals surface area (Å²) >= 11 is 6.40. The van der Waals surface area contributed by atoms with Gasteiger partial charge in [0, 0.05) is 30.1 Å². The summed E-state index contributed by atoms with van der Waals surface area (Å²) in [6, 6.07) is 11.3. The summed E-state index contributed by atoms with van der Waals surface area (Å²) in [6.45, 7) is 8.97. The molecule has 0 bridgehead atoms. The fraction of sp³-hybridized carbons (Fsp3) is 0.500. The third-order valence-corrected chi connectivity index (χ3v) is 12.0. The molecule has 1 saturated carbocycles. The number of rotatable bonds is 9. The third kappa shape index (κ3) is 5.91. The van der Waals surface area contributed by atoms with Gasteiger partial charge >= 0.3 is 10.2 Å². The zero-order chi connectivity index (χ0) is 32.0. The zero-order valence-corrected chi connectivity index (χ0v) is 27.0. The number of β-amino-alcohol motifs (C(OH)–C–C–N with tert-alkyl or cyclic N) is 1. The number of hydrogen-bond donors (Lipinski definition) is 3. The van der Waals surface area contributed by atoms with Crippen molar-refractivity contribution in [3.8, 4) is 5.75 Å². The zero-order valence-electron chi connectivity index (χ0n) is 25.5. The number of halogens is 1. The van der Waals surface area contributed by atoms with E-state index < -0.39 is 34.4 Å². The maximum absolute atomic E-state index is 13.2. The number of fused-ring (bicyclic) bond motifs is 3. The van der Waals surface area contributed by atoms with E-state index in [1.807, 2.05) is 12.1 Å². The van der Waals surface area contributed by atoms with Gasteiger partial charge in [0.15, 0.2) is 5.60 Å². The Kier molecular flexibility index (Phi) is 8.82. The normalized spacial score (nSPS) is 29.8. The molecule has 242 valence electrons. The van der Waals surface area contributed by atoms with E-state index >= 15 is 0 Å². The quantitative estimate of drug-likeness (QED) is 0.274. The molecule has 0 aromatic heterocycles. The van der Waals surface area contributed by atoms with Crippen molar-refractivity contribution in [2.75, 3.05) is 37.7 Å². The number of ether oxygens (including phenoxy) is 1. The van der Waals surface area contributed by atoms with E-state index in [9.17, 15) is 23.4 Å². The van der Waals surface area contributed by atoms with E-state index in [1.165, 1.54) is 11.1 Å². The lowest BCUT2D eigenvalue weighted by Crippen LogP contribution is -2.62. The second-order valence-electron chi connectivity index (χ2n) is 13.1. The monoisotopic (exact) mass is 655 g/mol. The fourth-order valence-corrected chi connectivity index (χ4v) is 9.07. The standard InChI is InChI=1S/C34H42ClN3O6S/c1-3-5-6-16-38-21-34(41,32(40)36-45(38,42)43)25-10-14-31-29(18-25)37(19-24-9-12-27(24)30(39)4-2)20-33(22-44-31)15-7-8-23-17-26(35)11-13-28(23)33/h3-4,10-11,13-14,17-18,24,27,30,39,41H,1-2,5-9,12,15-16,19-22H2,(H,36,40)/t24-,27+,30?,33-,34-/m0/s1. The number of nitrogens with one attached hydrogen (secondary N) is 1. The highest BCUT2D eigenvalue weighted by Crippen LogP contribution is 2.47. The first-order chi connectivity index (χ1) is 21.5. The highest BCUT2D eigenvalue weighted by molar-refractivity contribution is 7.87. The van der Waals surface area contributed by atoms with Crippen molar-refractivity contribution in [3.63, 3.8) is 0 Å². The average molecular weight is 656 g/mol. The lowest BCUT2D eigenvalue weighted by Gasteiger charge is -2.45. The number of nitrogens with zero attached hydrogens (tertiary/aromatic N) is 2. The van der Waals surface area contributed by atoms with Gasteiger partial charge in [0.25, 0.3) is 5.91 Å². The maximum atomic E-state index is 13.2. The van der Waals surface area contributed by atoms with Crippen molar-refractivity contribution in [2.24, 2.45) is 11.8 Å². The number of carbonyl (C=O) groups excluding carboxylic acids is 1. The predicted octanol–water partition coefficient (Wildman–Crippen LogP) is 4.22. The van der Waals surface area contributed by atoms with E-state index in [1.54, 1.807) is 30.4 Å². The van der Waals surface area contributed by atoms with Gasteiger partial charge in [-0.3, -0.25) is 4.79 Å². The maximum Gasteiger partial charge on any atom is 0.304 e. The molecule has 9 nitrogen and oxygen atoms in total. The number of aliphatic hydroxyl groups is 2. The van der Waals surface area contributed by atoms with Crippen LogP contribution in [-0.4, -0.2) is 67.7 Å². The van der Waals surface area contributed by atoms with Gasteiger partial charge in [-0.2, -0.15) is 12.7 Å². The number of aliphatic hydroxyl groups excluding tert-OH is 1. The smallest absolute Gasteiger partial charge is 0.304 e. The second-order valence-corrected chi connectivity index (χ2v) is 15.2. The lowest BCUT2D eigenvalue weighted by molar-refractivity contribution is -0.141. The third-order valence-electron chi connectivity index (χ3n) is 10.3. The van der Waals surface area contributed by atoms with Crippen molar-refractivity contribution in [1.29, 1.82) is 0 Å². The van der Waals surface area contributed by atoms with Gasteiger partial charge in [-0.05, 0) is 97.7 Å². The van der Waals surface area contributed by atoms with Crippen LogP contribution in [0.15, 0.2) is 61.7 Å². The van der Waals surface area contributed by atoms with Crippen LogP contribution in [0.3, 0.4) is 0 Å². The number of allylic oxidation sites excluding steroid dienone is 1. The molecule has 2 heterocycles. The SMILES string of the molecule is C=CCCCN1C[C@](O)(c2ccc3c(c2)N(C[C@@H]2CC[C@H]2C(O)C=C)C[C@@]2(CCCc4cc(Cl)ccc42)CO3)C(=O)NS1(=O)=O. The molecule has 11 heteroatoms. The molecule has 2 aliphatic heterocycles. The summed E-state index contributed by atoms with van der Waals surface area (Å²) in [6.07, 6.45) is 8.55. The Morgan fingerprint density at radius 1 is 1.18 bits per heavy atom. The van der Waals surface area contributed by atoms with Crippen LogP contribution in [0.25, 0.3) is 0 Å². The molecule has 1 unspecified atom stereocenters. The number of benzene rings is 2. The van der Waals surface area contributed by atoms with Gasteiger partial charge in [-0.15, -0.1) is 13.2 Å². The molecule has 1 saturated heterocycles. The summed E-state index contributed by atoms with van der Waals surface area (Å²) in [5.41, 5.74) is 1.05. The molecule has 45 heavy (non-hydrogen) atoms. The Morgan fingerprint density at radius 3 is 2.73 bits per heavy atom. The van der Waals surface area contributed by atoms with Crippen molar-refractivity contribution in [1.82, 2.24) is 9.03 Å². The number of anilines is 1. The Hall–Kier alpha value is -2.89. The van der Waals surface area contributed by atoms with Crippen LogP contribution < -0.4 is 14.4 Å². The van der Waals surface area contributed by atoms with E-state index in [2.05, 4.69) is 28.8 Å². The van der Waals surface area contributed by atoms with E-state index in [0.29, 0.717) is 48.9 Å². The minimum Gasteiger partial charge on any atom is -0.490 e. The second kappa shape index (κ2) is 12.4. The van der Waals surface area contributed by atoms with Gasteiger partial charge < -0.3 is 19.8 Å². The molecule has 1 spiro atoms. The minimum atomic E-state index is -4.08. The van der Waals surface area contributed by atoms with E-state index in [4.69, 9.17) is 16.3 Å². The molecular weight excluding hydrogens is 614 g/mol. The first-order valence-corrected chi connectivity index (χ1v) is 17.6. The molecule has 0 radical (unpaired) electrons. The lowest BCUT2D eigenvalue weighted by atomic mass is 9.68. The highest BCUT2D eigenvalue weighted by atomic mass is 35.5. The Bertz CT molecular complexity index is 1600. The van der Waals surface area contributed by atoms with Gasteiger partial charge in [-0.25, -0.2) is 4.72 Å². The van der Waals surface area contributed by atoms with Gasteiger partial charge in [-0.1, -0.05) is 35.9 Å². The molecule has 5 atom stereocenters. The summed E-state index contributed by atoms with van der Waals surface area (Å²) in [7, 11) is -4.08. The van der Waals surface area contributed by atoms with Crippen molar-refractivity contribution in [2.45, 2.75) is 62.1 Å². The molecular formula is C34H42ClN3O6S. The van der Waals surface area contributed by atoms with Gasteiger partial charge in [0.05, 0.1) is 24.9 Å². The minimum absolute atomic E-state index is 0.0920. The van der Waals surface area contributed by atoms with Crippen LogP contribution in [0.1, 0.15) is 55.2 Å². The van der Waals surface area contributed by atoms with Crippen LogP contribution in [0.5, 0.6) is 5.75 Å². The fourth-order valence-electron chi connectivity index (χ4n) is 7.61. The van der Waals surface area contributed by atoms with Crippen molar-refractivity contribution >= 4 is 33.4 Å². The molecule has 2 aromatic carbocycles. The molecule has 6 rings (SSSR count). The van der Waals surface area contributed by atoms with Crippen LogP contribution in [0.2, 0.25) is 5.02 Å². The Balaban J connectivity index is 1.39. The molecule has 1 amide bonds. The average Bonchev–Trinajstić information content (AvgIpc) is 3.14.